The van der Waals surface area contributed by atoms with Gasteiger partial charge in [0.25, 0.3) is 0 Å². The van der Waals surface area contributed by atoms with E-state index in [9.17, 15) is 4.79 Å². The largest absolute Gasteiger partial charge is 0.462 e. The van der Waals surface area contributed by atoms with Gasteiger partial charge in [-0.3, -0.25) is 4.79 Å². The summed E-state index contributed by atoms with van der Waals surface area (Å²) in [7, 11) is -1.57. The number of nitrogens with zero attached hydrogens (tertiary/aromatic N) is 1. The molecule has 0 aliphatic rings. The molecule has 0 aromatic carbocycles. The molecule has 2 aromatic heterocycles. The Kier molecular flexibility index (Phi) is 3.59. The normalized spacial score (nSPS) is 12.1. The summed E-state index contributed by atoms with van der Waals surface area (Å²) in [6.45, 7) is 8.11. The van der Waals surface area contributed by atoms with Crippen molar-refractivity contribution in [3.05, 3.63) is 20.5 Å². The average Bonchev–Trinajstić information content (AvgIpc) is 2.56. The highest BCUT2D eigenvalue weighted by molar-refractivity contribution is 14.1. The summed E-state index contributed by atoms with van der Waals surface area (Å²) < 4.78 is 6.93. The van der Waals surface area contributed by atoms with Crippen LogP contribution in [0.5, 0.6) is 0 Å². The zero-order valence-corrected chi connectivity index (χ0v) is 14.5. The lowest BCUT2D eigenvalue weighted by molar-refractivity contribution is 0.101. The van der Waals surface area contributed by atoms with Gasteiger partial charge in [-0.25, -0.2) is 4.98 Å². The lowest BCUT2D eigenvalue weighted by Crippen LogP contribution is -2.38. The van der Waals surface area contributed by atoms with E-state index in [-0.39, 0.29) is 10.9 Å². The predicted octanol–water partition coefficient (Wildman–Crippen LogP) is 3.83. The average molecular weight is 394 g/mol. The number of pyridine rings is 1. The molecule has 2 heterocycles. The van der Waals surface area contributed by atoms with Crippen molar-refractivity contribution in [2.45, 2.75) is 26.6 Å². The number of Topliss-reactive ketones (excluding diaryl/α,β-unsaturated/α-hetero) is 1. The van der Waals surface area contributed by atoms with E-state index in [1.807, 2.05) is 0 Å². The minimum Gasteiger partial charge on any atom is -0.462 e. The highest BCUT2D eigenvalue weighted by Gasteiger charge is 2.27. The van der Waals surface area contributed by atoms with Crippen LogP contribution in [0.3, 0.4) is 0 Å². The van der Waals surface area contributed by atoms with Crippen LogP contribution in [0.15, 0.2) is 10.5 Å². The third kappa shape index (κ3) is 2.35. The summed E-state index contributed by atoms with van der Waals surface area (Å²) in [4.78, 5) is 15.5. The van der Waals surface area contributed by atoms with Crippen LogP contribution in [0.1, 0.15) is 17.4 Å². The van der Waals surface area contributed by atoms with E-state index in [2.05, 4.69) is 47.2 Å². The van der Waals surface area contributed by atoms with Gasteiger partial charge in [0.15, 0.2) is 16.5 Å². The number of ketones is 1. The highest BCUT2D eigenvalue weighted by atomic mass is 127. The van der Waals surface area contributed by atoms with Crippen molar-refractivity contribution < 1.29 is 9.21 Å². The number of rotatable bonds is 2. The van der Waals surface area contributed by atoms with E-state index in [0.29, 0.717) is 11.3 Å². The maximum atomic E-state index is 11.4. The summed E-state index contributed by atoms with van der Waals surface area (Å²) in [6.07, 6.45) is 0. The summed E-state index contributed by atoms with van der Waals surface area (Å²) in [6, 6.07) is 1.76. The Balaban J connectivity index is 2.81. The maximum Gasteiger partial charge on any atom is 0.178 e. The van der Waals surface area contributed by atoms with Gasteiger partial charge in [-0.15, -0.1) is 0 Å². The smallest absolute Gasteiger partial charge is 0.178 e. The molecule has 0 bridgehead atoms. The molecule has 0 N–H and O–H groups in total. The molecule has 0 unspecified atom stereocenters. The van der Waals surface area contributed by atoms with E-state index >= 15 is 0 Å². The van der Waals surface area contributed by atoms with Gasteiger partial charge < -0.3 is 4.42 Å². The van der Waals surface area contributed by atoms with Gasteiger partial charge in [-0.1, -0.05) is 31.2 Å². The fourth-order valence-corrected chi connectivity index (χ4v) is 6.06. The number of carbonyl (C=O) groups excluding carboxylic acids is 1. The fraction of sp³-hybridized carbons (Fsp3) is 0.333. The molecule has 0 aliphatic carbocycles. The third-order valence-corrected chi connectivity index (χ3v) is 6.16. The maximum absolute atomic E-state index is 11.4. The van der Waals surface area contributed by atoms with Crippen LogP contribution < -0.4 is 5.38 Å². The van der Waals surface area contributed by atoms with E-state index in [0.717, 1.165) is 14.3 Å². The minimum atomic E-state index is -1.57. The number of hydrogen-bond donors (Lipinski definition) is 0. The first-order valence-corrected chi connectivity index (χ1v) is 10.5. The van der Waals surface area contributed by atoms with Crippen molar-refractivity contribution in [2.24, 2.45) is 0 Å². The van der Waals surface area contributed by atoms with Crippen LogP contribution in [-0.2, 0) is 0 Å². The molecular weight excluding hydrogens is 381 g/mol. The van der Waals surface area contributed by atoms with Gasteiger partial charge in [0.05, 0.1) is 8.95 Å². The van der Waals surface area contributed by atoms with Crippen LogP contribution in [0, 0.1) is 3.57 Å². The summed E-state index contributed by atoms with van der Waals surface area (Å²) in [5, 5.41) is 2.15. The Bertz CT molecular complexity index is 646. The molecule has 0 spiro atoms. The topological polar surface area (TPSA) is 43.1 Å². The molecule has 0 saturated carbocycles. The molecule has 0 aliphatic heterocycles. The van der Waals surface area contributed by atoms with Gasteiger partial charge in [0, 0.05) is 12.3 Å². The Morgan fingerprint density at radius 2 is 2.06 bits per heavy atom. The molecule has 0 amide bonds. The first-order valence-electron chi connectivity index (χ1n) is 5.51. The quantitative estimate of drug-likeness (QED) is 0.337. The van der Waals surface area contributed by atoms with Gasteiger partial charge >= 0.3 is 0 Å². The third-order valence-electron chi connectivity index (χ3n) is 2.61. The van der Waals surface area contributed by atoms with Crippen molar-refractivity contribution in [1.29, 1.82) is 0 Å². The molecule has 2 rings (SSSR count). The standard InChI is InChI=1S/C12H13ClINO2Si/c1-6(16)8-5-7-9(14)12(18(2,3)4)17-10(7)11(13)15-8/h5H,1-4H3. The number of carbonyl (C=O) groups is 1. The Labute approximate surface area is 125 Å². The van der Waals surface area contributed by atoms with E-state index in [1.54, 1.807) is 6.07 Å². The molecule has 18 heavy (non-hydrogen) atoms. The number of aromatic nitrogens is 1. The second-order valence-corrected chi connectivity index (χ2v) is 11.6. The Hall–Kier alpha value is -0.403. The van der Waals surface area contributed by atoms with Crippen LogP contribution in [-0.4, -0.2) is 18.8 Å². The molecule has 0 radical (unpaired) electrons. The molecule has 96 valence electrons. The molecule has 0 atom stereocenters. The lowest BCUT2D eigenvalue weighted by Gasteiger charge is -2.12. The molecule has 3 nitrogen and oxygen atoms in total. The lowest BCUT2D eigenvalue weighted by atomic mass is 10.2. The van der Waals surface area contributed by atoms with Gasteiger partial charge in [0.2, 0.25) is 0 Å². The van der Waals surface area contributed by atoms with Crippen LogP contribution in [0.2, 0.25) is 24.8 Å². The first-order chi connectivity index (χ1) is 8.21. The van der Waals surface area contributed by atoms with E-state index in [1.165, 1.54) is 6.92 Å². The molecule has 2 aromatic rings. The van der Waals surface area contributed by atoms with Gasteiger partial charge in [-0.2, -0.15) is 0 Å². The van der Waals surface area contributed by atoms with Crippen LogP contribution >= 0.6 is 34.2 Å². The Morgan fingerprint density at radius 1 is 1.44 bits per heavy atom. The second-order valence-electron chi connectivity index (χ2n) is 5.23. The van der Waals surface area contributed by atoms with Crippen molar-refractivity contribution >= 4 is 64.4 Å². The van der Waals surface area contributed by atoms with E-state index in [4.69, 9.17) is 16.0 Å². The number of hydrogen-bond acceptors (Lipinski definition) is 3. The number of furan rings is 1. The van der Waals surface area contributed by atoms with Crippen molar-refractivity contribution in [1.82, 2.24) is 4.98 Å². The van der Waals surface area contributed by atoms with Gasteiger partial charge in [-0.05, 0) is 28.7 Å². The molecule has 0 saturated heterocycles. The number of fused-ring (bicyclic) bond motifs is 1. The van der Waals surface area contributed by atoms with Crippen molar-refractivity contribution in [2.75, 3.05) is 0 Å². The second kappa shape index (κ2) is 4.61. The van der Waals surface area contributed by atoms with Crippen LogP contribution in [0.4, 0.5) is 0 Å². The SMILES string of the molecule is CC(=O)c1cc2c(I)c([Si](C)(C)C)oc2c(Cl)n1. The van der Waals surface area contributed by atoms with Crippen LogP contribution in [0.25, 0.3) is 11.0 Å². The zero-order valence-electron chi connectivity index (χ0n) is 10.6. The number of halogens is 2. The Morgan fingerprint density at radius 3 is 2.56 bits per heavy atom. The monoisotopic (exact) mass is 393 g/mol. The predicted molar refractivity (Wildman–Crippen MR) is 84.7 cm³/mol. The summed E-state index contributed by atoms with van der Waals surface area (Å²) in [5.74, 6) is -0.0923. The molecular formula is C12H13ClINO2Si. The first kappa shape index (κ1) is 14.0. The molecule has 0 fully saturated rings. The highest BCUT2D eigenvalue weighted by Crippen LogP contribution is 2.29. The molecule has 6 heteroatoms. The van der Waals surface area contributed by atoms with E-state index < -0.39 is 8.07 Å². The fourth-order valence-electron chi connectivity index (χ4n) is 1.69. The minimum absolute atomic E-state index is 0.0923. The summed E-state index contributed by atoms with van der Waals surface area (Å²) in [5.41, 5.74) is 0.969. The zero-order chi connectivity index (χ0) is 13.7. The summed E-state index contributed by atoms with van der Waals surface area (Å²) >= 11 is 8.36. The van der Waals surface area contributed by atoms with Crippen molar-refractivity contribution in [3.63, 3.8) is 0 Å². The van der Waals surface area contributed by atoms with Crippen molar-refractivity contribution in [3.8, 4) is 0 Å². The van der Waals surface area contributed by atoms with Gasteiger partial charge in [0.1, 0.15) is 13.8 Å².